The Bertz CT molecular complexity index is 1170. The van der Waals surface area contributed by atoms with Crippen molar-refractivity contribution in [3.8, 4) is 0 Å². The van der Waals surface area contributed by atoms with Crippen LogP contribution in [-0.2, 0) is 12.3 Å². The first-order chi connectivity index (χ1) is 14.5. The summed E-state index contributed by atoms with van der Waals surface area (Å²) in [5.74, 6) is 2.33. The maximum atomic E-state index is 5.94. The fourth-order valence-corrected chi connectivity index (χ4v) is 4.11. The average molecular weight is 420 g/mol. The summed E-state index contributed by atoms with van der Waals surface area (Å²) in [6, 6.07) is 16.2. The topological polar surface area (TPSA) is 94.5 Å². The van der Waals surface area contributed by atoms with Crippen LogP contribution in [0, 0.1) is 12.8 Å². The molecule has 0 bridgehead atoms. The summed E-state index contributed by atoms with van der Waals surface area (Å²) in [5, 5.41) is 4.19. The Morgan fingerprint density at radius 3 is 2.57 bits per heavy atom. The molecule has 4 aromatic rings. The van der Waals surface area contributed by atoms with E-state index in [0.717, 1.165) is 34.0 Å². The molecule has 30 heavy (non-hydrogen) atoms. The molecule has 2 aromatic carbocycles. The number of nitrogens with zero attached hydrogens (tertiary/aromatic N) is 5. The van der Waals surface area contributed by atoms with Gasteiger partial charge in [-0.25, -0.2) is 4.98 Å². The number of aryl methyl sites for hydroxylation is 1. The number of aromatic nitrogens is 5. The second kappa shape index (κ2) is 8.71. The SMILES string of the molecule is Cc1ccccc1Nc1nc(N)nc(CSc2nc3ccccc3n2CC(C)C)n1. The molecule has 7 nitrogen and oxygen atoms in total. The molecular weight excluding hydrogens is 394 g/mol. The summed E-state index contributed by atoms with van der Waals surface area (Å²) in [4.78, 5) is 17.9. The third kappa shape index (κ3) is 4.54. The van der Waals surface area contributed by atoms with Crippen molar-refractivity contribution in [3.63, 3.8) is 0 Å². The molecule has 0 aliphatic heterocycles. The minimum absolute atomic E-state index is 0.201. The van der Waals surface area contributed by atoms with Gasteiger partial charge in [0, 0.05) is 12.2 Å². The lowest BCUT2D eigenvalue weighted by Gasteiger charge is -2.12. The van der Waals surface area contributed by atoms with Crippen LogP contribution in [-0.4, -0.2) is 24.5 Å². The lowest BCUT2D eigenvalue weighted by Crippen LogP contribution is -2.08. The lowest BCUT2D eigenvalue weighted by molar-refractivity contribution is 0.505. The first-order valence-electron chi connectivity index (χ1n) is 9.90. The van der Waals surface area contributed by atoms with Crippen LogP contribution >= 0.6 is 11.8 Å². The van der Waals surface area contributed by atoms with Crippen LogP contribution < -0.4 is 11.1 Å². The fraction of sp³-hybridized carbons (Fsp3) is 0.273. The van der Waals surface area contributed by atoms with Gasteiger partial charge in [0.1, 0.15) is 5.82 Å². The quantitative estimate of drug-likeness (QED) is 0.415. The molecule has 2 heterocycles. The van der Waals surface area contributed by atoms with E-state index in [1.54, 1.807) is 11.8 Å². The van der Waals surface area contributed by atoms with E-state index < -0.39 is 0 Å². The smallest absolute Gasteiger partial charge is 0.232 e. The first-order valence-corrected chi connectivity index (χ1v) is 10.9. The number of para-hydroxylation sites is 3. The Morgan fingerprint density at radius 2 is 1.77 bits per heavy atom. The van der Waals surface area contributed by atoms with Crippen LogP contribution in [0.1, 0.15) is 25.2 Å². The minimum atomic E-state index is 0.201. The second-order valence-electron chi connectivity index (χ2n) is 7.55. The third-order valence-corrected chi connectivity index (χ3v) is 5.56. The molecular formula is C22H25N7S. The van der Waals surface area contributed by atoms with E-state index in [4.69, 9.17) is 10.7 Å². The Balaban J connectivity index is 1.57. The fourth-order valence-electron chi connectivity index (χ4n) is 3.23. The molecule has 0 amide bonds. The summed E-state index contributed by atoms with van der Waals surface area (Å²) < 4.78 is 2.27. The van der Waals surface area contributed by atoms with E-state index in [0.29, 0.717) is 23.4 Å². The molecule has 0 fully saturated rings. The molecule has 0 unspecified atom stereocenters. The number of benzene rings is 2. The molecule has 0 spiro atoms. The summed E-state index contributed by atoms with van der Waals surface area (Å²) in [7, 11) is 0. The molecule has 0 saturated carbocycles. The van der Waals surface area contributed by atoms with Gasteiger partial charge in [0.15, 0.2) is 5.16 Å². The molecule has 0 aliphatic carbocycles. The van der Waals surface area contributed by atoms with Gasteiger partial charge < -0.3 is 15.6 Å². The number of hydrogen-bond acceptors (Lipinski definition) is 7. The van der Waals surface area contributed by atoms with Gasteiger partial charge >= 0.3 is 0 Å². The highest BCUT2D eigenvalue weighted by Gasteiger charge is 2.14. The van der Waals surface area contributed by atoms with Gasteiger partial charge in [0.05, 0.1) is 16.8 Å². The number of rotatable bonds is 7. The minimum Gasteiger partial charge on any atom is -0.368 e. The van der Waals surface area contributed by atoms with Crippen molar-refractivity contribution in [1.82, 2.24) is 24.5 Å². The van der Waals surface area contributed by atoms with Crippen molar-refractivity contribution in [1.29, 1.82) is 0 Å². The predicted molar refractivity (Wildman–Crippen MR) is 123 cm³/mol. The Hall–Kier alpha value is -3.13. The van der Waals surface area contributed by atoms with E-state index in [2.05, 4.69) is 44.7 Å². The van der Waals surface area contributed by atoms with E-state index in [-0.39, 0.29) is 5.95 Å². The van der Waals surface area contributed by atoms with E-state index in [1.165, 1.54) is 0 Å². The van der Waals surface area contributed by atoms with Crippen molar-refractivity contribution < 1.29 is 0 Å². The van der Waals surface area contributed by atoms with Gasteiger partial charge in [0.25, 0.3) is 0 Å². The zero-order valence-corrected chi connectivity index (χ0v) is 18.1. The van der Waals surface area contributed by atoms with Crippen LogP contribution in [0.3, 0.4) is 0 Å². The Kier molecular flexibility index (Phi) is 5.85. The number of hydrogen-bond donors (Lipinski definition) is 2. The highest BCUT2D eigenvalue weighted by molar-refractivity contribution is 7.98. The third-order valence-electron chi connectivity index (χ3n) is 4.59. The molecule has 2 aromatic heterocycles. The molecule has 3 N–H and O–H groups in total. The second-order valence-corrected chi connectivity index (χ2v) is 8.49. The van der Waals surface area contributed by atoms with Crippen molar-refractivity contribution in [3.05, 3.63) is 59.9 Å². The van der Waals surface area contributed by atoms with Gasteiger partial charge in [-0.3, -0.25) is 0 Å². The van der Waals surface area contributed by atoms with Crippen LogP contribution in [0.2, 0.25) is 0 Å². The Morgan fingerprint density at radius 1 is 1.00 bits per heavy atom. The number of imidazole rings is 1. The predicted octanol–water partition coefficient (Wildman–Crippen LogP) is 4.80. The van der Waals surface area contributed by atoms with Gasteiger partial charge in [0.2, 0.25) is 11.9 Å². The number of nitrogens with two attached hydrogens (primary N) is 1. The number of anilines is 3. The van der Waals surface area contributed by atoms with Gasteiger partial charge in [-0.1, -0.05) is 55.9 Å². The number of fused-ring (bicyclic) bond motifs is 1. The van der Waals surface area contributed by atoms with Crippen molar-refractivity contribution in [2.75, 3.05) is 11.1 Å². The first kappa shape index (κ1) is 20.2. The van der Waals surface area contributed by atoms with Crippen molar-refractivity contribution in [2.24, 2.45) is 5.92 Å². The highest BCUT2D eigenvalue weighted by atomic mass is 32.2. The molecule has 4 rings (SSSR count). The van der Waals surface area contributed by atoms with Crippen LogP contribution in [0.5, 0.6) is 0 Å². The zero-order valence-electron chi connectivity index (χ0n) is 17.3. The van der Waals surface area contributed by atoms with Crippen molar-refractivity contribution in [2.45, 2.75) is 38.2 Å². The molecule has 0 saturated heterocycles. The van der Waals surface area contributed by atoms with Crippen LogP contribution in [0.4, 0.5) is 17.6 Å². The highest BCUT2D eigenvalue weighted by Crippen LogP contribution is 2.27. The number of thioether (sulfide) groups is 1. The summed E-state index contributed by atoms with van der Waals surface area (Å²) in [6.45, 7) is 7.35. The van der Waals surface area contributed by atoms with E-state index >= 15 is 0 Å². The molecule has 0 atom stereocenters. The summed E-state index contributed by atoms with van der Waals surface area (Å²) >= 11 is 1.61. The molecule has 0 radical (unpaired) electrons. The van der Waals surface area contributed by atoms with Gasteiger partial charge in [-0.05, 0) is 36.6 Å². The summed E-state index contributed by atoms with van der Waals surface area (Å²) in [6.07, 6.45) is 0. The number of nitrogens with one attached hydrogen (secondary N) is 1. The van der Waals surface area contributed by atoms with Crippen molar-refractivity contribution >= 4 is 40.4 Å². The Labute approximate surface area is 180 Å². The van der Waals surface area contributed by atoms with Crippen LogP contribution in [0.15, 0.2) is 53.7 Å². The average Bonchev–Trinajstić information content (AvgIpc) is 3.05. The maximum Gasteiger partial charge on any atom is 0.232 e. The van der Waals surface area contributed by atoms with Gasteiger partial charge in [-0.15, -0.1) is 0 Å². The molecule has 0 aliphatic rings. The van der Waals surface area contributed by atoms with Gasteiger partial charge in [-0.2, -0.15) is 15.0 Å². The number of nitrogen functional groups attached to an aromatic ring is 1. The monoisotopic (exact) mass is 419 g/mol. The van der Waals surface area contributed by atoms with E-state index in [9.17, 15) is 0 Å². The maximum absolute atomic E-state index is 5.94. The lowest BCUT2D eigenvalue weighted by atomic mass is 10.2. The largest absolute Gasteiger partial charge is 0.368 e. The standard InChI is InChI=1S/C22H25N7S/c1-14(2)12-29-18-11-7-6-10-17(18)25-22(29)30-13-19-26-20(23)28-21(27-19)24-16-9-5-4-8-15(16)3/h4-11,14H,12-13H2,1-3H3,(H3,23,24,26,27,28). The van der Waals surface area contributed by atoms with E-state index in [1.807, 2.05) is 49.4 Å². The summed E-state index contributed by atoms with van der Waals surface area (Å²) in [5.41, 5.74) is 10.1. The normalized spacial score (nSPS) is 11.3. The molecule has 8 heteroatoms. The molecule has 154 valence electrons. The zero-order chi connectivity index (χ0) is 21.1. The van der Waals surface area contributed by atoms with Crippen LogP contribution in [0.25, 0.3) is 11.0 Å².